The third-order valence-electron chi connectivity index (χ3n) is 3.99. The molecule has 23 heavy (non-hydrogen) atoms. The molecule has 0 atom stereocenters. The van der Waals surface area contributed by atoms with Crippen LogP contribution in [0, 0.1) is 0 Å². The molecule has 0 aliphatic rings. The molecule has 3 heterocycles. The van der Waals surface area contributed by atoms with Crippen LogP contribution in [-0.4, -0.2) is 15.0 Å². The molecule has 4 heteroatoms. The first kappa shape index (κ1) is 12.7. The van der Waals surface area contributed by atoms with E-state index in [1.165, 1.54) is 15.5 Å². The van der Waals surface area contributed by atoms with Gasteiger partial charge in [-0.15, -0.1) is 11.3 Å². The summed E-state index contributed by atoms with van der Waals surface area (Å²) in [6.45, 7) is 0. The second-order valence-corrected chi connectivity index (χ2v) is 6.44. The lowest BCUT2D eigenvalue weighted by atomic mass is 10.1. The molecule has 0 spiro atoms. The van der Waals surface area contributed by atoms with Crippen LogP contribution in [0.15, 0.2) is 67.0 Å². The minimum atomic E-state index is 0.681. The summed E-state index contributed by atoms with van der Waals surface area (Å²) in [5.41, 5.74) is 1.80. The number of rotatable bonds is 1. The van der Waals surface area contributed by atoms with E-state index in [4.69, 9.17) is 4.98 Å². The van der Waals surface area contributed by atoms with Crippen LogP contribution < -0.4 is 0 Å². The summed E-state index contributed by atoms with van der Waals surface area (Å²) >= 11 is 1.75. The Kier molecular flexibility index (Phi) is 2.66. The van der Waals surface area contributed by atoms with Crippen molar-refractivity contribution in [2.45, 2.75) is 0 Å². The van der Waals surface area contributed by atoms with Crippen molar-refractivity contribution >= 4 is 42.4 Å². The lowest BCUT2D eigenvalue weighted by Gasteiger charge is -2.02. The molecule has 0 saturated heterocycles. The number of hydrogen-bond donors (Lipinski definition) is 0. The van der Waals surface area contributed by atoms with E-state index in [2.05, 4.69) is 40.3 Å². The summed E-state index contributed by atoms with van der Waals surface area (Å²) < 4.78 is 2.40. The Labute approximate surface area is 136 Å². The second-order valence-electron chi connectivity index (χ2n) is 5.39. The first-order valence-electron chi connectivity index (χ1n) is 7.38. The minimum Gasteiger partial charge on any atom is -0.251 e. The maximum absolute atomic E-state index is 4.70. The van der Waals surface area contributed by atoms with E-state index in [0.717, 1.165) is 21.3 Å². The molecule has 2 aromatic carbocycles. The van der Waals surface area contributed by atoms with Crippen LogP contribution >= 0.6 is 11.3 Å². The molecule has 0 aliphatic carbocycles. The molecule has 5 rings (SSSR count). The lowest BCUT2D eigenvalue weighted by Crippen LogP contribution is -1.92. The van der Waals surface area contributed by atoms with E-state index < -0.39 is 0 Å². The molecule has 0 amide bonds. The molecule has 5 aromatic rings. The molecule has 0 unspecified atom stereocenters. The second kappa shape index (κ2) is 4.83. The summed E-state index contributed by atoms with van der Waals surface area (Å²) in [5.74, 6) is 0.681. The van der Waals surface area contributed by atoms with Gasteiger partial charge in [0.1, 0.15) is 5.69 Å². The van der Waals surface area contributed by atoms with Crippen molar-refractivity contribution < 1.29 is 0 Å². The van der Waals surface area contributed by atoms with Gasteiger partial charge < -0.3 is 0 Å². The van der Waals surface area contributed by atoms with Crippen LogP contribution in [0.4, 0.5) is 0 Å². The van der Waals surface area contributed by atoms with Gasteiger partial charge in [-0.1, -0.05) is 36.4 Å². The van der Waals surface area contributed by atoms with Crippen molar-refractivity contribution in [2.24, 2.45) is 0 Å². The van der Waals surface area contributed by atoms with E-state index in [0.29, 0.717) is 5.82 Å². The van der Waals surface area contributed by atoms with Crippen LogP contribution in [0.25, 0.3) is 42.6 Å². The zero-order chi connectivity index (χ0) is 15.2. The highest BCUT2D eigenvalue weighted by atomic mass is 32.1. The summed E-state index contributed by atoms with van der Waals surface area (Å²) in [7, 11) is 0. The normalized spacial score (nSPS) is 11.5. The van der Waals surface area contributed by atoms with Crippen molar-refractivity contribution in [2.75, 3.05) is 0 Å². The standard InChI is InChI=1S/C19H11N3S/c1-3-7-15-12(5-1)11-21-19(22-15)17-18-14(9-10-20-17)13-6-2-4-8-16(13)23-18/h1-11H. The van der Waals surface area contributed by atoms with E-state index >= 15 is 0 Å². The van der Waals surface area contributed by atoms with Gasteiger partial charge in [0, 0.05) is 33.3 Å². The van der Waals surface area contributed by atoms with Crippen molar-refractivity contribution in [1.82, 2.24) is 15.0 Å². The predicted molar refractivity (Wildman–Crippen MR) is 95.7 cm³/mol. The molecule has 0 fully saturated rings. The maximum Gasteiger partial charge on any atom is 0.180 e. The number of aromatic nitrogens is 3. The first-order chi connectivity index (χ1) is 11.4. The highest BCUT2D eigenvalue weighted by Crippen LogP contribution is 2.37. The fraction of sp³-hybridized carbons (Fsp3) is 0. The molecule has 0 N–H and O–H groups in total. The largest absolute Gasteiger partial charge is 0.251 e. The van der Waals surface area contributed by atoms with Gasteiger partial charge in [-0.25, -0.2) is 9.97 Å². The number of benzene rings is 2. The molecule has 0 radical (unpaired) electrons. The van der Waals surface area contributed by atoms with Gasteiger partial charge in [-0.05, 0) is 18.2 Å². The zero-order valence-electron chi connectivity index (χ0n) is 12.1. The number of hydrogen-bond acceptors (Lipinski definition) is 4. The Morgan fingerprint density at radius 3 is 2.65 bits per heavy atom. The molecule has 3 aromatic heterocycles. The Hall–Kier alpha value is -2.85. The Morgan fingerprint density at radius 1 is 0.783 bits per heavy atom. The summed E-state index contributed by atoms with van der Waals surface area (Å²) in [6, 6.07) is 18.5. The van der Waals surface area contributed by atoms with E-state index in [-0.39, 0.29) is 0 Å². The Balaban J connectivity index is 1.84. The maximum atomic E-state index is 4.70. The van der Waals surface area contributed by atoms with Crippen LogP contribution in [0.2, 0.25) is 0 Å². The molecule has 0 bridgehead atoms. The molecule has 108 valence electrons. The molecule has 3 nitrogen and oxygen atoms in total. The highest BCUT2D eigenvalue weighted by Gasteiger charge is 2.13. The number of pyridine rings is 1. The number of thiophene rings is 1. The van der Waals surface area contributed by atoms with E-state index in [1.54, 1.807) is 11.3 Å². The SMILES string of the molecule is c1ccc2nc(-c3nccc4c3sc3ccccc34)ncc2c1. The fourth-order valence-corrected chi connectivity index (χ4v) is 4.08. The zero-order valence-corrected chi connectivity index (χ0v) is 12.9. The van der Waals surface area contributed by atoms with Gasteiger partial charge in [-0.3, -0.25) is 4.98 Å². The average molecular weight is 313 g/mol. The van der Waals surface area contributed by atoms with Gasteiger partial charge >= 0.3 is 0 Å². The molecule has 0 aliphatic heterocycles. The summed E-state index contributed by atoms with van der Waals surface area (Å²) in [4.78, 5) is 13.8. The summed E-state index contributed by atoms with van der Waals surface area (Å²) in [5, 5.41) is 3.52. The van der Waals surface area contributed by atoms with Gasteiger partial charge in [0.25, 0.3) is 0 Å². The lowest BCUT2D eigenvalue weighted by molar-refractivity contribution is 1.19. The third-order valence-corrected chi connectivity index (χ3v) is 5.19. The summed E-state index contributed by atoms with van der Waals surface area (Å²) in [6.07, 6.45) is 3.71. The van der Waals surface area contributed by atoms with Crippen molar-refractivity contribution in [3.63, 3.8) is 0 Å². The smallest absolute Gasteiger partial charge is 0.180 e. The van der Waals surface area contributed by atoms with Crippen LogP contribution in [-0.2, 0) is 0 Å². The van der Waals surface area contributed by atoms with Gasteiger partial charge in [-0.2, -0.15) is 0 Å². The van der Waals surface area contributed by atoms with Gasteiger partial charge in [0.05, 0.1) is 10.2 Å². The first-order valence-corrected chi connectivity index (χ1v) is 8.20. The fourth-order valence-electron chi connectivity index (χ4n) is 2.90. The van der Waals surface area contributed by atoms with Crippen molar-refractivity contribution in [3.05, 3.63) is 67.0 Å². The molecular weight excluding hydrogens is 302 g/mol. The van der Waals surface area contributed by atoms with E-state index in [1.807, 2.05) is 36.7 Å². The molecule has 0 saturated carbocycles. The van der Waals surface area contributed by atoms with Gasteiger partial charge in [0.2, 0.25) is 0 Å². The average Bonchev–Trinajstić information content (AvgIpc) is 3.00. The topological polar surface area (TPSA) is 38.7 Å². The molecular formula is C19H11N3S. The van der Waals surface area contributed by atoms with Gasteiger partial charge in [0.15, 0.2) is 5.82 Å². The number of nitrogens with zero attached hydrogens (tertiary/aromatic N) is 3. The predicted octanol–water partition coefficient (Wildman–Crippen LogP) is 5.06. The third kappa shape index (κ3) is 1.92. The number of fused-ring (bicyclic) bond motifs is 4. The number of para-hydroxylation sites is 1. The quantitative estimate of drug-likeness (QED) is 0.434. The van der Waals surface area contributed by atoms with Crippen LogP contribution in [0.3, 0.4) is 0 Å². The monoisotopic (exact) mass is 313 g/mol. The van der Waals surface area contributed by atoms with Crippen LogP contribution in [0.1, 0.15) is 0 Å². The van der Waals surface area contributed by atoms with Crippen molar-refractivity contribution in [1.29, 1.82) is 0 Å². The van der Waals surface area contributed by atoms with Crippen LogP contribution in [0.5, 0.6) is 0 Å². The van der Waals surface area contributed by atoms with Crippen molar-refractivity contribution in [3.8, 4) is 11.5 Å². The Bertz CT molecular complexity index is 1180. The minimum absolute atomic E-state index is 0.681. The highest BCUT2D eigenvalue weighted by molar-refractivity contribution is 7.26. The Morgan fingerprint density at radius 2 is 1.65 bits per heavy atom. The van der Waals surface area contributed by atoms with E-state index in [9.17, 15) is 0 Å².